The lowest BCUT2D eigenvalue weighted by Gasteiger charge is -2.01. The van der Waals surface area contributed by atoms with Gasteiger partial charge in [-0.3, -0.25) is 0 Å². The fourth-order valence-electron chi connectivity index (χ4n) is 2.66. The van der Waals surface area contributed by atoms with Gasteiger partial charge in [0.05, 0.1) is 16.1 Å². The van der Waals surface area contributed by atoms with E-state index in [-0.39, 0.29) is 0 Å². The molecule has 0 radical (unpaired) electrons. The molecule has 4 rings (SSSR count). The second kappa shape index (κ2) is 5.32. The second-order valence-corrected chi connectivity index (χ2v) is 5.54. The minimum atomic E-state index is 0.697. The maximum absolute atomic E-state index is 6.28. The number of imidazole rings is 1. The zero-order valence-electron chi connectivity index (χ0n) is 11.8. The molecule has 0 aliphatic rings. The molecule has 106 valence electrons. The van der Waals surface area contributed by atoms with Crippen LogP contribution in [-0.4, -0.2) is 9.97 Å². The molecule has 0 bridgehead atoms. The summed E-state index contributed by atoms with van der Waals surface area (Å²) in [6.07, 6.45) is 0. The number of para-hydroxylation sites is 1. The van der Waals surface area contributed by atoms with Crippen LogP contribution in [0.3, 0.4) is 0 Å². The third kappa shape index (κ3) is 2.18. The Morgan fingerprint density at radius 1 is 0.727 bits per heavy atom. The van der Waals surface area contributed by atoms with Gasteiger partial charge in [-0.25, -0.2) is 4.98 Å². The van der Waals surface area contributed by atoms with Gasteiger partial charge in [0.2, 0.25) is 0 Å². The van der Waals surface area contributed by atoms with Gasteiger partial charge >= 0.3 is 0 Å². The molecule has 0 aliphatic heterocycles. The van der Waals surface area contributed by atoms with E-state index in [2.05, 4.69) is 23.2 Å². The van der Waals surface area contributed by atoms with Gasteiger partial charge in [0.15, 0.2) is 0 Å². The Morgan fingerprint density at radius 3 is 2.27 bits per heavy atom. The van der Waals surface area contributed by atoms with Crippen molar-refractivity contribution in [3.8, 4) is 22.5 Å². The summed E-state index contributed by atoms with van der Waals surface area (Å²) in [5, 5.41) is 0.697. The van der Waals surface area contributed by atoms with Crippen LogP contribution in [0, 0.1) is 0 Å². The summed E-state index contributed by atoms with van der Waals surface area (Å²) < 4.78 is 0. The van der Waals surface area contributed by atoms with E-state index in [1.165, 1.54) is 0 Å². The van der Waals surface area contributed by atoms with E-state index < -0.39 is 0 Å². The summed E-state index contributed by atoms with van der Waals surface area (Å²) in [6, 6.07) is 24.2. The Bertz CT molecular complexity index is 942. The minimum Gasteiger partial charge on any atom is -0.338 e. The van der Waals surface area contributed by atoms with Crippen LogP contribution in [0.2, 0.25) is 5.02 Å². The third-order valence-electron chi connectivity index (χ3n) is 3.73. The van der Waals surface area contributed by atoms with Crippen molar-refractivity contribution in [3.05, 3.63) is 77.8 Å². The Morgan fingerprint density at radius 2 is 1.45 bits per heavy atom. The fraction of sp³-hybridized carbons (Fsp3) is 0. The van der Waals surface area contributed by atoms with E-state index in [9.17, 15) is 0 Å². The molecule has 1 N–H and O–H groups in total. The standard InChI is InChI=1S/C19H13ClN2/c20-16-11-5-4-9-15(16)19-21-17-12-6-10-14(18(17)22-19)13-7-2-1-3-8-13/h1-12H,(H,21,22). The summed E-state index contributed by atoms with van der Waals surface area (Å²) in [4.78, 5) is 8.15. The van der Waals surface area contributed by atoms with Crippen LogP contribution >= 0.6 is 11.6 Å². The summed E-state index contributed by atoms with van der Waals surface area (Å²) in [7, 11) is 0. The number of hydrogen-bond donors (Lipinski definition) is 1. The smallest absolute Gasteiger partial charge is 0.140 e. The van der Waals surface area contributed by atoms with Gasteiger partial charge in [0.25, 0.3) is 0 Å². The lowest BCUT2D eigenvalue weighted by atomic mass is 10.0. The topological polar surface area (TPSA) is 28.7 Å². The predicted molar refractivity (Wildman–Crippen MR) is 92.0 cm³/mol. The first-order chi connectivity index (χ1) is 10.8. The van der Waals surface area contributed by atoms with Crippen molar-refractivity contribution < 1.29 is 0 Å². The molecule has 2 nitrogen and oxygen atoms in total. The molecular formula is C19H13ClN2. The number of nitrogens with zero attached hydrogens (tertiary/aromatic N) is 1. The molecule has 0 fully saturated rings. The number of H-pyrrole nitrogens is 1. The van der Waals surface area contributed by atoms with Crippen LogP contribution in [0.5, 0.6) is 0 Å². The first-order valence-corrected chi connectivity index (χ1v) is 7.50. The first-order valence-electron chi connectivity index (χ1n) is 7.12. The van der Waals surface area contributed by atoms with Gasteiger partial charge in [-0.15, -0.1) is 0 Å². The number of hydrogen-bond acceptors (Lipinski definition) is 1. The van der Waals surface area contributed by atoms with Crippen molar-refractivity contribution in [2.75, 3.05) is 0 Å². The Balaban J connectivity index is 1.94. The molecular weight excluding hydrogens is 292 g/mol. The van der Waals surface area contributed by atoms with E-state index in [0.29, 0.717) is 5.02 Å². The Hall–Kier alpha value is -2.58. The number of aromatic amines is 1. The highest BCUT2D eigenvalue weighted by Gasteiger charge is 2.11. The maximum atomic E-state index is 6.28. The van der Waals surface area contributed by atoms with E-state index >= 15 is 0 Å². The molecule has 0 amide bonds. The van der Waals surface area contributed by atoms with Crippen LogP contribution in [0.25, 0.3) is 33.5 Å². The average molecular weight is 305 g/mol. The van der Waals surface area contributed by atoms with Crippen molar-refractivity contribution in [1.29, 1.82) is 0 Å². The molecule has 0 saturated heterocycles. The van der Waals surface area contributed by atoms with Crippen LogP contribution in [0.1, 0.15) is 0 Å². The molecule has 0 saturated carbocycles. The highest BCUT2D eigenvalue weighted by atomic mass is 35.5. The molecule has 4 aromatic rings. The van der Waals surface area contributed by atoms with Gasteiger partial charge in [-0.2, -0.15) is 0 Å². The lowest BCUT2D eigenvalue weighted by molar-refractivity contribution is 1.34. The number of aromatic nitrogens is 2. The molecule has 0 atom stereocenters. The second-order valence-electron chi connectivity index (χ2n) is 5.13. The third-order valence-corrected chi connectivity index (χ3v) is 4.06. The van der Waals surface area contributed by atoms with Crippen LogP contribution < -0.4 is 0 Å². The molecule has 3 aromatic carbocycles. The Kier molecular flexibility index (Phi) is 3.17. The minimum absolute atomic E-state index is 0.697. The summed E-state index contributed by atoms with van der Waals surface area (Å²) >= 11 is 6.28. The van der Waals surface area contributed by atoms with Crippen LogP contribution in [0.4, 0.5) is 0 Å². The molecule has 3 heteroatoms. The van der Waals surface area contributed by atoms with Crippen LogP contribution in [0.15, 0.2) is 72.8 Å². The van der Waals surface area contributed by atoms with Crippen molar-refractivity contribution >= 4 is 22.6 Å². The SMILES string of the molecule is Clc1ccccc1-c1nc2c(-c3ccccc3)cccc2[nH]1. The molecule has 22 heavy (non-hydrogen) atoms. The number of rotatable bonds is 2. The van der Waals surface area contributed by atoms with Crippen molar-refractivity contribution in [2.24, 2.45) is 0 Å². The molecule has 1 aromatic heterocycles. The predicted octanol–water partition coefficient (Wildman–Crippen LogP) is 5.55. The van der Waals surface area contributed by atoms with Crippen molar-refractivity contribution in [1.82, 2.24) is 9.97 Å². The average Bonchev–Trinajstić information content (AvgIpc) is 3.00. The highest BCUT2D eigenvalue weighted by Crippen LogP contribution is 2.31. The lowest BCUT2D eigenvalue weighted by Crippen LogP contribution is -1.81. The first kappa shape index (κ1) is 13.1. The van der Waals surface area contributed by atoms with Gasteiger partial charge < -0.3 is 4.98 Å². The quantitative estimate of drug-likeness (QED) is 0.516. The largest absolute Gasteiger partial charge is 0.338 e. The number of fused-ring (bicyclic) bond motifs is 1. The van der Waals surface area contributed by atoms with E-state index in [1.807, 2.05) is 54.6 Å². The summed E-state index contributed by atoms with van der Waals surface area (Å²) in [5.74, 6) is 0.795. The van der Waals surface area contributed by atoms with Crippen molar-refractivity contribution in [3.63, 3.8) is 0 Å². The zero-order valence-corrected chi connectivity index (χ0v) is 12.5. The molecule has 0 spiro atoms. The normalized spacial score (nSPS) is 11.0. The number of halogens is 1. The summed E-state index contributed by atoms with van der Waals surface area (Å²) in [5.41, 5.74) is 5.16. The molecule has 0 unspecified atom stereocenters. The van der Waals surface area contributed by atoms with Gasteiger partial charge in [0.1, 0.15) is 5.82 Å². The van der Waals surface area contributed by atoms with E-state index in [1.54, 1.807) is 0 Å². The van der Waals surface area contributed by atoms with Gasteiger partial charge in [-0.05, 0) is 23.8 Å². The number of nitrogens with one attached hydrogen (secondary N) is 1. The van der Waals surface area contributed by atoms with E-state index in [0.717, 1.165) is 33.5 Å². The summed E-state index contributed by atoms with van der Waals surface area (Å²) in [6.45, 7) is 0. The van der Waals surface area contributed by atoms with E-state index in [4.69, 9.17) is 16.6 Å². The van der Waals surface area contributed by atoms with Crippen LogP contribution in [-0.2, 0) is 0 Å². The number of benzene rings is 3. The molecule has 1 heterocycles. The monoisotopic (exact) mass is 304 g/mol. The zero-order chi connectivity index (χ0) is 14.9. The maximum Gasteiger partial charge on any atom is 0.140 e. The van der Waals surface area contributed by atoms with Gasteiger partial charge in [0, 0.05) is 11.1 Å². The molecule has 0 aliphatic carbocycles. The van der Waals surface area contributed by atoms with Crippen molar-refractivity contribution in [2.45, 2.75) is 0 Å². The fourth-order valence-corrected chi connectivity index (χ4v) is 2.89. The highest BCUT2D eigenvalue weighted by molar-refractivity contribution is 6.33. The Labute approximate surface area is 133 Å². The van der Waals surface area contributed by atoms with Gasteiger partial charge in [-0.1, -0.05) is 66.2 Å².